The van der Waals surface area contributed by atoms with E-state index in [2.05, 4.69) is 4.90 Å². The van der Waals surface area contributed by atoms with Crippen molar-refractivity contribution in [2.75, 3.05) is 26.2 Å². The number of hydrogen-bond acceptors (Lipinski definition) is 3. The molecule has 26 heavy (non-hydrogen) atoms. The lowest BCUT2D eigenvalue weighted by atomic mass is 10.0. The predicted molar refractivity (Wildman–Crippen MR) is 99.6 cm³/mol. The molecule has 0 aromatic heterocycles. The maximum atomic E-state index is 13.0. The van der Waals surface area contributed by atoms with E-state index in [1.54, 1.807) is 12.1 Å². The Hall–Kier alpha value is -1.75. The van der Waals surface area contributed by atoms with Gasteiger partial charge in [-0.3, -0.25) is 14.5 Å². The van der Waals surface area contributed by atoms with E-state index in [4.69, 9.17) is 0 Å². The minimum atomic E-state index is -0.331. The molecule has 1 unspecified atom stereocenters. The van der Waals surface area contributed by atoms with Crippen LogP contribution in [-0.4, -0.2) is 53.7 Å². The van der Waals surface area contributed by atoms with Gasteiger partial charge in [-0.05, 0) is 56.5 Å². The fourth-order valence-corrected chi connectivity index (χ4v) is 4.07. The van der Waals surface area contributed by atoms with Crippen molar-refractivity contribution >= 4 is 11.7 Å². The van der Waals surface area contributed by atoms with Crippen molar-refractivity contribution in [2.45, 2.75) is 57.4 Å². The van der Waals surface area contributed by atoms with E-state index in [1.165, 1.54) is 31.4 Å². The molecular weight excluding hydrogens is 331 g/mol. The van der Waals surface area contributed by atoms with E-state index < -0.39 is 0 Å². The fraction of sp³-hybridized carbons (Fsp3) is 0.619. The van der Waals surface area contributed by atoms with Crippen molar-refractivity contribution in [1.82, 2.24) is 9.80 Å². The standard InChI is InChI=1S/C21H29FN2O2/c22-18-10-8-17(9-11-18)20(25)15-19-7-6-14-24(19)16-21(26)23-12-4-2-1-3-5-13-23/h8-11,19H,1-7,12-16H2. The first-order valence-corrected chi connectivity index (χ1v) is 9.94. The predicted octanol–water partition coefficient (Wildman–Crippen LogP) is 3.66. The highest BCUT2D eigenvalue weighted by atomic mass is 19.1. The fourth-order valence-electron chi connectivity index (χ4n) is 4.07. The Labute approximate surface area is 155 Å². The first-order chi connectivity index (χ1) is 12.6. The van der Waals surface area contributed by atoms with Gasteiger partial charge in [0, 0.05) is 31.1 Å². The van der Waals surface area contributed by atoms with Gasteiger partial charge < -0.3 is 4.90 Å². The summed E-state index contributed by atoms with van der Waals surface area (Å²) < 4.78 is 13.0. The molecule has 142 valence electrons. The summed E-state index contributed by atoms with van der Waals surface area (Å²) in [5.74, 6) is -0.100. The second-order valence-electron chi connectivity index (χ2n) is 7.55. The smallest absolute Gasteiger partial charge is 0.236 e. The summed E-state index contributed by atoms with van der Waals surface area (Å²) in [7, 11) is 0. The molecule has 1 amide bonds. The molecule has 0 spiro atoms. The van der Waals surface area contributed by atoms with Crippen LogP contribution in [0.15, 0.2) is 24.3 Å². The van der Waals surface area contributed by atoms with Crippen molar-refractivity contribution in [3.63, 3.8) is 0 Å². The van der Waals surface area contributed by atoms with Crippen LogP contribution in [-0.2, 0) is 4.79 Å². The Morgan fingerprint density at radius 2 is 1.58 bits per heavy atom. The lowest BCUT2D eigenvalue weighted by Crippen LogP contribution is -2.43. The monoisotopic (exact) mass is 360 g/mol. The van der Waals surface area contributed by atoms with Crippen molar-refractivity contribution in [2.24, 2.45) is 0 Å². The van der Waals surface area contributed by atoms with Crippen LogP contribution in [0, 0.1) is 5.82 Å². The number of likely N-dealkylation sites (tertiary alicyclic amines) is 2. The van der Waals surface area contributed by atoms with Gasteiger partial charge in [0.1, 0.15) is 5.82 Å². The number of nitrogens with zero attached hydrogens (tertiary/aromatic N) is 2. The van der Waals surface area contributed by atoms with Crippen LogP contribution in [0.25, 0.3) is 0 Å². The van der Waals surface area contributed by atoms with Crippen LogP contribution >= 0.6 is 0 Å². The van der Waals surface area contributed by atoms with E-state index in [0.29, 0.717) is 18.5 Å². The molecule has 2 aliphatic rings. The Kier molecular flexibility index (Phi) is 6.78. The minimum Gasteiger partial charge on any atom is -0.342 e. The lowest BCUT2D eigenvalue weighted by molar-refractivity contribution is -0.133. The zero-order valence-corrected chi connectivity index (χ0v) is 15.5. The molecule has 2 fully saturated rings. The van der Waals surface area contributed by atoms with E-state index in [9.17, 15) is 14.0 Å². The highest BCUT2D eigenvalue weighted by Gasteiger charge is 2.29. The lowest BCUT2D eigenvalue weighted by Gasteiger charge is -2.29. The number of hydrogen-bond donors (Lipinski definition) is 0. The summed E-state index contributed by atoms with van der Waals surface area (Å²) in [6.45, 7) is 3.03. The molecule has 1 aromatic carbocycles. The number of carbonyl (C=O) groups is 2. The van der Waals surface area contributed by atoms with Crippen molar-refractivity contribution in [3.8, 4) is 0 Å². The van der Waals surface area contributed by atoms with Crippen molar-refractivity contribution in [1.29, 1.82) is 0 Å². The molecule has 0 radical (unpaired) electrons. The maximum absolute atomic E-state index is 13.0. The van der Waals surface area contributed by atoms with Crippen LogP contribution in [0.1, 0.15) is 61.7 Å². The van der Waals surface area contributed by atoms with Gasteiger partial charge in [-0.2, -0.15) is 0 Å². The molecule has 5 heteroatoms. The first kappa shape index (κ1) is 19.0. The summed E-state index contributed by atoms with van der Waals surface area (Å²) in [4.78, 5) is 29.4. The molecule has 1 atom stereocenters. The molecule has 0 aliphatic carbocycles. The van der Waals surface area contributed by atoms with Crippen molar-refractivity contribution in [3.05, 3.63) is 35.6 Å². The number of benzene rings is 1. The van der Waals surface area contributed by atoms with Gasteiger partial charge in [-0.1, -0.05) is 19.3 Å². The average molecular weight is 360 g/mol. The first-order valence-electron chi connectivity index (χ1n) is 9.94. The van der Waals surface area contributed by atoms with Crippen molar-refractivity contribution < 1.29 is 14.0 Å². The van der Waals surface area contributed by atoms with E-state index in [1.807, 2.05) is 4.90 Å². The van der Waals surface area contributed by atoms with Crippen LogP contribution < -0.4 is 0 Å². The van der Waals surface area contributed by atoms with Crippen LogP contribution in [0.4, 0.5) is 4.39 Å². The molecule has 0 saturated carbocycles. The van der Waals surface area contributed by atoms with Gasteiger partial charge in [0.15, 0.2) is 5.78 Å². The third-order valence-electron chi connectivity index (χ3n) is 5.63. The second kappa shape index (κ2) is 9.26. The number of ketones is 1. The summed E-state index contributed by atoms with van der Waals surface area (Å²) in [6.07, 6.45) is 8.26. The number of rotatable bonds is 5. The van der Waals surface area contributed by atoms with E-state index in [0.717, 1.165) is 45.3 Å². The molecular formula is C21H29FN2O2. The molecule has 4 nitrogen and oxygen atoms in total. The molecule has 2 saturated heterocycles. The largest absolute Gasteiger partial charge is 0.342 e. The molecule has 2 aliphatic heterocycles. The Balaban J connectivity index is 1.54. The summed E-state index contributed by atoms with van der Waals surface area (Å²) in [6, 6.07) is 5.85. The van der Waals surface area contributed by atoms with Crippen LogP contribution in [0.2, 0.25) is 0 Å². The van der Waals surface area contributed by atoms with Gasteiger partial charge in [0.25, 0.3) is 0 Å². The number of Topliss-reactive ketones (excluding diaryl/α,β-unsaturated/α-hetero) is 1. The highest BCUT2D eigenvalue weighted by molar-refractivity contribution is 5.96. The third-order valence-corrected chi connectivity index (χ3v) is 5.63. The average Bonchev–Trinajstić information content (AvgIpc) is 3.01. The van der Waals surface area contributed by atoms with E-state index in [-0.39, 0.29) is 23.5 Å². The molecule has 3 rings (SSSR count). The third kappa shape index (κ3) is 5.13. The molecule has 1 aromatic rings. The molecule has 0 bridgehead atoms. The number of amides is 1. The molecule has 2 heterocycles. The van der Waals surface area contributed by atoms with Gasteiger partial charge in [0.05, 0.1) is 6.54 Å². The molecule has 0 N–H and O–H groups in total. The quantitative estimate of drug-likeness (QED) is 0.753. The van der Waals surface area contributed by atoms with Gasteiger partial charge >= 0.3 is 0 Å². The van der Waals surface area contributed by atoms with Crippen LogP contribution in [0.5, 0.6) is 0 Å². The highest BCUT2D eigenvalue weighted by Crippen LogP contribution is 2.22. The number of halogens is 1. The van der Waals surface area contributed by atoms with Gasteiger partial charge in [0.2, 0.25) is 5.91 Å². The van der Waals surface area contributed by atoms with Gasteiger partial charge in [-0.25, -0.2) is 4.39 Å². The zero-order valence-electron chi connectivity index (χ0n) is 15.5. The summed E-state index contributed by atoms with van der Waals surface area (Å²) >= 11 is 0. The zero-order chi connectivity index (χ0) is 18.4. The van der Waals surface area contributed by atoms with Crippen LogP contribution in [0.3, 0.4) is 0 Å². The second-order valence-corrected chi connectivity index (χ2v) is 7.55. The summed E-state index contributed by atoms with van der Waals surface area (Å²) in [5.41, 5.74) is 0.549. The SMILES string of the molecule is O=C(CC1CCCN1CC(=O)N1CCCCCCC1)c1ccc(F)cc1. The topological polar surface area (TPSA) is 40.6 Å². The summed E-state index contributed by atoms with van der Waals surface area (Å²) in [5, 5.41) is 0. The minimum absolute atomic E-state index is 0.0283. The Bertz CT molecular complexity index is 609. The van der Waals surface area contributed by atoms with E-state index >= 15 is 0 Å². The maximum Gasteiger partial charge on any atom is 0.236 e. The number of carbonyl (C=O) groups excluding carboxylic acids is 2. The Morgan fingerprint density at radius 3 is 2.27 bits per heavy atom. The van der Waals surface area contributed by atoms with Gasteiger partial charge in [-0.15, -0.1) is 0 Å². The normalized spacial score (nSPS) is 22.0. The Morgan fingerprint density at radius 1 is 0.923 bits per heavy atom.